The van der Waals surface area contributed by atoms with Crippen molar-refractivity contribution in [3.05, 3.63) is 29.8 Å². The van der Waals surface area contributed by atoms with Gasteiger partial charge in [-0.15, -0.1) is 0 Å². The van der Waals surface area contributed by atoms with Gasteiger partial charge in [0, 0.05) is 24.7 Å². The van der Waals surface area contributed by atoms with Crippen LogP contribution < -0.4 is 10.2 Å². The van der Waals surface area contributed by atoms with Crippen molar-refractivity contribution in [1.29, 1.82) is 0 Å². The summed E-state index contributed by atoms with van der Waals surface area (Å²) in [5.41, 5.74) is 1.19. The average molecular weight is 290 g/mol. The van der Waals surface area contributed by atoms with Gasteiger partial charge in [-0.3, -0.25) is 14.4 Å². The van der Waals surface area contributed by atoms with Gasteiger partial charge in [0.25, 0.3) is 0 Å². The smallest absolute Gasteiger partial charge is 0.240 e. The van der Waals surface area contributed by atoms with Crippen molar-refractivity contribution in [2.24, 2.45) is 0 Å². The van der Waals surface area contributed by atoms with Crippen molar-refractivity contribution in [3.8, 4) is 0 Å². The van der Waals surface area contributed by atoms with Gasteiger partial charge in [-0.25, -0.2) is 0 Å². The third-order valence-corrected chi connectivity index (χ3v) is 3.12. The van der Waals surface area contributed by atoms with Crippen LogP contribution in [0.1, 0.15) is 44.0 Å². The van der Waals surface area contributed by atoms with Crippen LogP contribution in [0.4, 0.5) is 5.69 Å². The van der Waals surface area contributed by atoms with E-state index in [2.05, 4.69) is 5.32 Å². The highest BCUT2D eigenvalue weighted by Crippen LogP contribution is 2.15. The summed E-state index contributed by atoms with van der Waals surface area (Å²) < 4.78 is 0. The molecule has 2 amide bonds. The van der Waals surface area contributed by atoms with Crippen LogP contribution in [0.15, 0.2) is 24.3 Å². The standard InChI is InChI=1S/C16H22N2O3/c1-4-5-10-17-16(21)11-18(13(3)20)15-8-6-14(7-9-15)12(2)19/h6-9H,4-5,10-11H2,1-3H3,(H,17,21). The summed E-state index contributed by atoms with van der Waals surface area (Å²) >= 11 is 0. The monoisotopic (exact) mass is 290 g/mol. The number of nitrogens with one attached hydrogen (secondary N) is 1. The molecule has 1 aromatic carbocycles. The van der Waals surface area contributed by atoms with E-state index in [-0.39, 0.29) is 24.1 Å². The molecular weight excluding hydrogens is 268 g/mol. The zero-order valence-corrected chi connectivity index (χ0v) is 12.8. The molecule has 114 valence electrons. The fourth-order valence-corrected chi connectivity index (χ4v) is 1.86. The number of hydrogen-bond acceptors (Lipinski definition) is 3. The van der Waals surface area contributed by atoms with Gasteiger partial charge in [0.05, 0.1) is 0 Å². The lowest BCUT2D eigenvalue weighted by molar-refractivity contribution is -0.123. The maximum absolute atomic E-state index is 11.8. The van der Waals surface area contributed by atoms with Crippen molar-refractivity contribution in [1.82, 2.24) is 5.32 Å². The average Bonchev–Trinajstić information content (AvgIpc) is 2.45. The van der Waals surface area contributed by atoms with Crippen LogP contribution in [-0.2, 0) is 9.59 Å². The minimum Gasteiger partial charge on any atom is -0.355 e. The molecule has 0 fully saturated rings. The Bertz CT molecular complexity index is 509. The van der Waals surface area contributed by atoms with Crippen LogP contribution in [0, 0.1) is 0 Å². The van der Waals surface area contributed by atoms with Gasteiger partial charge in [-0.1, -0.05) is 13.3 Å². The van der Waals surface area contributed by atoms with Gasteiger partial charge in [0.1, 0.15) is 6.54 Å². The summed E-state index contributed by atoms with van der Waals surface area (Å²) in [6.07, 6.45) is 1.92. The van der Waals surface area contributed by atoms with Gasteiger partial charge in [-0.05, 0) is 37.6 Å². The first kappa shape index (κ1) is 16.9. The van der Waals surface area contributed by atoms with Crippen LogP contribution in [0.2, 0.25) is 0 Å². The number of amides is 2. The van der Waals surface area contributed by atoms with Gasteiger partial charge in [-0.2, -0.15) is 0 Å². The molecule has 21 heavy (non-hydrogen) atoms. The molecule has 5 nitrogen and oxygen atoms in total. The van der Waals surface area contributed by atoms with E-state index in [0.717, 1.165) is 12.8 Å². The Morgan fingerprint density at radius 2 is 1.71 bits per heavy atom. The van der Waals surface area contributed by atoms with E-state index < -0.39 is 0 Å². The number of Topliss-reactive ketones (excluding diaryl/α,β-unsaturated/α-hetero) is 1. The Labute approximate surface area is 125 Å². The Hall–Kier alpha value is -2.17. The van der Waals surface area contributed by atoms with E-state index in [0.29, 0.717) is 17.8 Å². The second-order valence-corrected chi connectivity index (χ2v) is 4.91. The van der Waals surface area contributed by atoms with Crippen LogP contribution in [0.3, 0.4) is 0 Å². The first-order valence-electron chi connectivity index (χ1n) is 7.11. The SMILES string of the molecule is CCCCNC(=O)CN(C(C)=O)c1ccc(C(C)=O)cc1. The second-order valence-electron chi connectivity index (χ2n) is 4.91. The number of hydrogen-bond donors (Lipinski definition) is 1. The Kier molecular flexibility index (Phi) is 6.59. The first-order valence-corrected chi connectivity index (χ1v) is 7.11. The van der Waals surface area contributed by atoms with Crippen molar-refractivity contribution in [3.63, 3.8) is 0 Å². The number of unbranched alkanes of at least 4 members (excludes halogenated alkanes) is 1. The molecule has 0 aromatic heterocycles. The van der Waals surface area contributed by atoms with E-state index >= 15 is 0 Å². The van der Waals surface area contributed by atoms with E-state index in [1.807, 2.05) is 6.92 Å². The number of anilines is 1. The summed E-state index contributed by atoms with van der Waals surface area (Å²) in [7, 11) is 0. The fourth-order valence-electron chi connectivity index (χ4n) is 1.86. The predicted molar refractivity (Wildman–Crippen MR) is 82.4 cm³/mol. The highest BCUT2D eigenvalue weighted by molar-refractivity contribution is 5.98. The normalized spacial score (nSPS) is 10.0. The maximum Gasteiger partial charge on any atom is 0.240 e. The molecule has 1 rings (SSSR count). The molecule has 0 spiro atoms. The Morgan fingerprint density at radius 1 is 1.10 bits per heavy atom. The van der Waals surface area contributed by atoms with Crippen molar-refractivity contribution >= 4 is 23.3 Å². The molecule has 5 heteroatoms. The Morgan fingerprint density at radius 3 is 2.19 bits per heavy atom. The molecule has 0 radical (unpaired) electrons. The number of rotatable bonds is 7. The predicted octanol–water partition coefficient (Wildman–Crippen LogP) is 2.16. The molecule has 0 aliphatic carbocycles. The highest BCUT2D eigenvalue weighted by atomic mass is 16.2. The van der Waals surface area contributed by atoms with Crippen molar-refractivity contribution in [2.75, 3.05) is 18.0 Å². The van der Waals surface area contributed by atoms with Gasteiger partial charge >= 0.3 is 0 Å². The summed E-state index contributed by atoms with van der Waals surface area (Å²) in [5, 5.41) is 2.78. The largest absolute Gasteiger partial charge is 0.355 e. The van der Waals surface area contributed by atoms with Crippen molar-refractivity contribution in [2.45, 2.75) is 33.6 Å². The van der Waals surface area contributed by atoms with Crippen LogP contribution in [-0.4, -0.2) is 30.7 Å². The Balaban J connectivity index is 2.75. The van der Waals surface area contributed by atoms with Crippen molar-refractivity contribution < 1.29 is 14.4 Å². The molecule has 0 saturated carbocycles. The number of carbonyl (C=O) groups excluding carboxylic acids is 3. The third kappa shape index (κ3) is 5.38. The molecular formula is C16H22N2O3. The molecule has 1 N–H and O–H groups in total. The topological polar surface area (TPSA) is 66.5 Å². The molecule has 0 heterocycles. The number of ketones is 1. The number of benzene rings is 1. The first-order chi connectivity index (χ1) is 9.95. The summed E-state index contributed by atoms with van der Waals surface area (Å²) in [5.74, 6) is -0.432. The lowest BCUT2D eigenvalue weighted by Crippen LogP contribution is -2.40. The lowest BCUT2D eigenvalue weighted by Gasteiger charge is -2.20. The zero-order chi connectivity index (χ0) is 15.8. The van der Waals surface area contributed by atoms with Gasteiger partial charge < -0.3 is 10.2 Å². The van der Waals surface area contributed by atoms with E-state index in [4.69, 9.17) is 0 Å². The number of nitrogens with zero attached hydrogens (tertiary/aromatic N) is 1. The van der Waals surface area contributed by atoms with Crippen LogP contribution >= 0.6 is 0 Å². The van der Waals surface area contributed by atoms with Crippen LogP contribution in [0.25, 0.3) is 0 Å². The summed E-state index contributed by atoms with van der Waals surface area (Å²) in [6, 6.07) is 6.67. The van der Waals surface area contributed by atoms with E-state index in [1.54, 1.807) is 24.3 Å². The maximum atomic E-state index is 11.8. The second kappa shape index (κ2) is 8.19. The molecule has 1 aromatic rings. The molecule has 0 aliphatic rings. The highest BCUT2D eigenvalue weighted by Gasteiger charge is 2.15. The van der Waals surface area contributed by atoms with Gasteiger partial charge in [0.2, 0.25) is 11.8 Å². The molecule has 0 atom stereocenters. The zero-order valence-electron chi connectivity index (χ0n) is 12.8. The third-order valence-electron chi connectivity index (χ3n) is 3.12. The van der Waals surface area contributed by atoms with Gasteiger partial charge in [0.15, 0.2) is 5.78 Å². The molecule has 0 aliphatic heterocycles. The molecule has 0 saturated heterocycles. The fraction of sp³-hybridized carbons (Fsp3) is 0.438. The van der Waals surface area contributed by atoms with E-state index in [1.165, 1.54) is 18.7 Å². The number of carbonyl (C=O) groups is 3. The summed E-state index contributed by atoms with van der Waals surface area (Å²) in [4.78, 5) is 36.2. The van der Waals surface area contributed by atoms with E-state index in [9.17, 15) is 14.4 Å². The molecule has 0 unspecified atom stereocenters. The molecule has 0 bridgehead atoms. The minimum atomic E-state index is -0.212. The summed E-state index contributed by atoms with van der Waals surface area (Å²) in [6.45, 7) is 5.55. The van der Waals surface area contributed by atoms with Crippen LogP contribution in [0.5, 0.6) is 0 Å². The quantitative estimate of drug-likeness (QED) is 0.618. The lowest BCUT2D eigenvalue weighted by atomic mass is 10.1. The minimum absolute atomic E-state index is 0.0154.